The molecule has 0 aromatic heterocycles. The van der Waals surface area contributed by atoms with Gasteiger partial charge < -0.3 is 10.4 Å². The first-order valence-electron chi connectivity index (χ1n) is 5.72. The van der Waals surface area contributed by atoms with E-state index >= 15 is 0 Å². The summed E-state index contributed by atoms with van der Waals surface area (Å²) >= 11 is 1.55. The van der Waals surface area contributed by atoms with E-state index in [1.165, 1.54) is 12.1 Å². The van der Waals surface area contributed by atoms with Gasteiger partial charge in [-0.25, -0.2) is 4.39 Å². The Balaban J connectivity index is 2.58. The van der Waals surface area contributed by atoms with Crippen molar-refractivity contribution >= 4 is 11.8 Å². The third kappa shape index (κ3) is 5.06. The Hall–Kier alpha value is -0.580. The van der Waals surface area contributed by atoms with Crippen LogP contribution in [0, 0.1) is 5.82 Å². The normalized spacial score (nSPS) is 14.9. The van der Waals surface area contributed by atoms with Gasteiger partial charge in [-0.3, -0.25) is 0 Å². The maximum absolute atomic E-state index is 13.0. The van der Waals surface area contributed by atoms with Crippen LogP contribution in [0.2, 0.25) is 0 Å². The molecule has 1 unspecified atom stereocenters. The number of halogens is 1. The van der Waals surface area contributed by atoms with Crippen LogP contribution in [-0.4, -0.2) is 29.0 Å². The number of rotatable bonds is 6. The van der Waals surface area contributed by atoms with Crippen LogP contribution in [0.3, 0.4) is 0 Å². The molecule has 0 spiro atoms. The molecule has 1 aromatic carbocycles. The topological polar surface area (TPSA) is 32.3 Å². The minimum absolute atomic E-state index is 0.0630. The molecule has 4 heteroatoms. The van der Waals surface area contributed by atoms with E-state index in [4.69, 9.17) is 0 Å². The first-order valence-corrected chi connectivity index (χ1v) is 6.71. The molecule has 0 aliphatic rings. The van der Waals surface area contributed by atoms with Gasteiger partial charge in [-0.1, -0.05) is 19.9 Å². The summed E-state index contributed by atoms with van der Waals surface area (Å²) in [5.74, 6) is 0.475. The largest absolute Gasteiger partial charge is 0.394 e. The first kappa shape index (κ1) is 14.5. The Morgan fingerprint density at radius 1 is 1.47 bits per heavy atom. The van der Waals surface area contributed by atoms with Crippen LogP contribution >= 0.6 is 11.8 Å². The lowest BCUT2D eigenvalue weighted by molar-refractivity contribution is 0.183. The molecule has 96 valence electrons. The molecule has 0 aliphatic heterocycles. The van der Waals surface area contributed by atoms with Gasteiger partial charge in [0.15, 0.2) is 0 Å². The van der Waals surface area contributed by atoms with Crippen molar-refractivity contribution in [3.05, 3.63) is 30.1 Å². The van der Waals surface area contributed by atoms with Crippen molar-refractivity contribution in [2.45, 2.75) is 37.2 Å². The summed E-state index contributed by atoms with van der Waals surface area (Å²) < 4.78 is 13.0. The average molecular weight is 257 g/mol. The standard InChI is InChI=1S/C13H20FNOS/c1-10(2)15-13(3,8-16)9-17-12-6-4-5-11(14)7-12/h4-7,10,15-16H,8-9H2,1-3H3. The number of hydrogen-bond acceptors (Lipinski definition) is 3. The third-order valence-electron chi connectivity index (χ3n) is 2.34. The van der Waals surface area contributed by atoms with Crippen molar-refractivity contribution in [1.29, 1.82) is 0 Å². The number of nitrogens with one attached hydrogen (secondary N) is 1. The second kappa shape index (κ2) is 6.38. The minimum atomic E-state index is -0.342. The smallest absolute Gasteiger partial charge is 0.124 e. The average Bonchev–Trinajstić information content (AvgIpc) is 2.26. The summed E-state index contributed by atoms with van der Waals surface area (Å²) in [4.78, 5) is 0.884. The molecule has 0 amide bonds. The SMILES string of the molecule is CC(C)NC(C)(CO)CSc1cccc(F)c1. The minimum Gasteiger partial charge on any atom is -0.394 e. The Morgan fingerprint density at radius 3 is 2.71 bits per heavy atom. The molecule has 17 heavy (non-hydrogen) atoms. The van der Waals surface area contributed by atoms with E-state index in [9.17, 15) is 9.50 Å². The van der Waals surface area contributed by atoms with E-state index in [1.807, 2.05) is 26.8 Å². The molecule has 2 nitrogen and oxygen atoms in total. The molecule has 0 aliphatic carbocycles. The lowest BCUT2D eigenvalue weighted by atomic mass is 10.1. The van der Waals surface area contributed by atoms with Gasteiger partial charge in [0.1, 0.15) is 5.82 Å². The van der Waals surface area contributed by atoms with Gasteiger partial charge >= 0.3 is 0 Å². The summed E-state index contributed by atoms with van der Waals surface area (Å²) in [7, 11) is 0. The quantitative estimate of drug-likeness (QED) is 0.769. The Kier molecular flexibility index (Phi) is 5.43. The summed E-state index contributed by atoms with van der Waals surface area (Å²) in [6.07, 6.45) is 0. The molecule has 1 aromatic rings. The highest BCUT2D eigenvalue weighted by atomic mass is 32.2. The fourth-order valence-corrected chi connectivity index (χ4v) is 2.66. The fourth-order valence-electron chi connectivity index (χ4n) is 1.63. The van der Waals surface area contributed by atoms with Crippen molar-refractivity contribution in [1.82, 2.24) is 5.32 Å². The van der Waals surface area contributed by atoms with E-state index in [-0.39, 0.29) is 18.0 Å². The van der Waals surface area contributed by atoms with Gasteiger partial charge in [-0.2, -0.15) is 0 Å². The Labute approximate surface area is 107 Å². The molecule has 1 rings (SSSR count). The van der Waals surface area contributed by atoms with Crippen LogP contribution in [0.15, 0.2) is 29.2 Å². The molecule has 2 N–H and O–H groups in total. The third-order valence-corrected chi connectivity index (χ3v) is 3.71. The zero-order valence-corrected chi connectivity index (χ0v) is 11.4. The van der Waals surface area contributed by atoms with Gasteiger partial charge in [0.05, 0.1) is 6.61 Å². The lowest BCUT2D eigenvalue weighted by Crippen LogP contribution is -2.51. The van der Waals surface area contributed by atoms with Crippen molar-refractivity contribution in [3.63, 3.8) is 0 Å². The Morgan fingerprint density at radius 2 is 2.18 bits per heavy atom. The van der Waals surface area contributed by atoms with Crippen molar-refractivity contribution in [2.24, 2.45) is 0 Å². The summed E-state index contributed by atoms with van der Waals surface area (Å²) in [6, 6.07) is 6.82. The van der Waals surface area contributed by atoms with Gasteiger partial charge in [0.25, 0.3) is 0 Å². The maximum Gasteiger partial charge on any atom is 0.124 e. The lowest BCUT2D eigenvalue weighted by Gasteiger charge is -2.30. The molecule has 0 saturated carbocycles. The van der Waals surface area contributed by atoms with E-state index in [0.29, 0.717) is 11.8 Å². The van der Waals surface area contributed by atoms with Crippen LogP contribution in [0.25, 0.3) is 0 Å². The predicted molar refractivity (Wildman–Crippen MR) is 70.9 cm³/mol. The Bertz CT molecular complexity index is 359. The second-order valence-electron chi connectivity index (χ2n) is 4.76. The zero-order valence-electron chi connectivity index (χ0n) is 10.5. The number of benzene rings is 1. The first-order chi connectivity index (χ1) is 7.95. The summed E-state index contributed by atoms with van der Waals surface area (Å²) in [5.41, 5.74) is -0.342. The van der Waals surface area contributed by atoms with Crippen LogP contribution in [0.5, 0.6) is 0 Å². The van der Waals surface area contributed by atoms with Gasteiger partial charge in [-0.05, 0) is 25.1 Å². The van der Waals surface area contributed by atoms with Crippen molar-refractivity contribution < 1.29 is 9.50 Å². The maximum atomic E-state index is 13.0. The molecular weight excluding hydrogens is 237 g/mol. The molecule has 0 radical (unpaired) electrons. The monoisotopic (exact) mass is 257 g/mol. The van der Waals surface area contributed by atoms with E-state index in [2.05, 4.69) is 5.32 Å². The summed E-state index contributed by atoms with van der Waals surface area (Å²) in [6.45, 7) is 6.12. The van der Waals surface area contributed by atoms with E-state index < -0.39 is 0 Å². The molecule has 0 fully saturated rings. The highest BCUT2D eigenvalue weighted by Crippen LogP contribution is 2.23. The van der Waals surface area contributed by atoms with Crippen LogP contribution in [0.1, 0.15) is 20.8 Å². The van der Waals surface area contributed by atoms with E-state index in [0.717, 1.165) is 4.90 Å². The van der Waals surface area contributed by atoms with Crippen LogP contribution < -0.4 is 5.32 Å². The number of aliphatic hydroxyl groups excluding tert-OH is 1. The molecule has 0 saturated heterocycles. The van der Waals surface area contributed by atoms with E-state index in [1.54, 1.807) is 17.8 Å². The van der Waals surface area contributed by atoms with Crippen molar-refractivity contribution in [3.8, 4) is 0 Å². The molecule has 0 heterocycles. The number of hydrogen-bond donors (Lipinski definition) is 2. The number of aliphatic hydroxyl groups is 1. The van der Waals surface area contributed by atoms with Gasteiger partial charge in [0.2, 0.25) is 0 Å². The highest BCUT2D eigenvalue weighted by Gasteiger charge is 2.23. The van der Waals surface area contributed by atoms with Crippen molar-refractivity contribution in [2.75, 3.05) is 12.4 Å². The fraction of sp³-hybridized carbons (Fsp3) is 0.538. The predicted octanol–water partition coefficient (Wildman–Crippen LogP) is 2.67. The van der Waals surface area contributed by atoms with Crippen LogP contribution in [-0.2, 0) is 0 Å². The number of thioether (sulfide) groups is 1. The molecule has 0 bridgehead atoms. The zero-order chi connectivity index (χ0) is 12.9. The molecular formula is C13H20FNOS. The van der Waals surface area contributed by atoms with Gasteiger partial charge in [-0.15, -0.1) is 11.8 Å². The highest BCUT2D eigenvalue weighted by molar-refractivity contribution is 7.99. The second-order valence-corrected chi connectivity index (χ2v) is 5.81. The molecule has 1 atom stereocenters. The van der Waals surface area contributed by atoms with Crippen LogP contribution in [0.4, 0.5) is 4.39 Å². The van der Waals surface area contributed by atoms with Gasteiger partial charge in [0, 0.05) is 22.2 Å². The summed E-state index contributed by atoms with van der Waals surface area (Å²) in [5, 5.41) is 12.7.